The van der Waals surface area contributed by atoms with E-state index in [0.717, 1.165) is 17.7 Å². The number of benzene rings is 2. The second-order valence-electron chi connectivity index (χ2n) is 12.5. The van der Waals surface area contributed by atoms with Crippen LogP contribution in [0.2, 0.25) is 0 Å². The molecule has 2 aromatic carbocycles. The minimum absolute atomic E-state index is 0.226. The molecule has 0 aliphatic carbocycles. The van der Waals surface area contributed by atoms with Crippen LogP contribution in [0.5, 0.6) is 0 Å². The number of ether oxygens (including phenoxy) is 3. The van der Waals surface area contributed by atoms with Gasteiger partial charge in [0, 0.05) is 25.2 Å². The van der Waals surface area contributed by atoms with Gasteiger partial charge in [0.2, 0.25) is 0 Å². The second kappa shape index (κ2) is 34.1. The van der Waals surface area contributed by atoms with Gasteiger partial charge in [-0.15, -0.1) is 0 Å². The zero-order valence-electron chi connectivity index (χ0n) is 32.9. The third-order valence-electron chi connectivity index (χ3n) is 7.45. The van der Waals surface area contributed by atoms with Gasteiger partial charge in [0.25, 0.3) is 0 Å². The highest BCUT2D eigenvalue weighted by molar-refractivity contribution is 9.09. The number of carboxylic acid groups (broad SMARTS) is 1. The van der Waals surface area contributed by atoms with Crippen LogP contribution in [0.1, 0.15) is 85.3 Å². The molecule has 0 aromatic heterocycles. The van der Waals surface area contributed by atoms with Gasteiger partial charge in [-0.1, -0.05) is 97.4 Å². The van der Waals surface area contributed by atoms with Crippen molar-refractivity contribution in [1.82, 2.24) is 15.5 Å². The number of carboxylic acids is 1. The fourth-order valence-electron chi connectivity index (χ4n) is 4.56. The number of carbonyl (C=O) groups is 4. The Labute approximate surface area is 330 Å². The molecule has 2 rings (SSSR count). The summed E-state index contributed by atoms with van der Waals surface area (Å²) < 4.78 is 14.8. The molecule has 0 spiro atoms. The second-order valence-corrected chi connectivity index (χ2v) is 13.0. The topological polar surface area (TPSA) is 191 Å². The number of rotatable bonds is 18. The molecule has 2 aromatic rings. The van der Waals surface area contributed by atoms with Crippen LogP contribution < -0.4 is 10.6 Å². The number of nitrogens with zero attached hydrogens (tertiary/aromatic N) is 3. The number of halogens is 1. The van der Waals surface area contributed by atoms with E-state index in [1.165, 1.54) is 0 Å². The molecule has 54 heavy (non-hydrogen) atoms. The van der Waals surface area contributed by atoms with Gasteiger partial charge in [-0.05, 0) is 71.0 Å². The molecule has 0 saturated heterocycles. The van der Waals surface area contributed by atoms with Crippen LogP contribution >= 0.6 is 15.9 Å². The van der Waals surface area contributed by atoms with E-state index >= 15 is 0 Å². The van der Waals surface area contributed by atoms with Crippen molar-refractivity contribution in [2.75, 3.05) is 31.6 Å². The lowest BCUT2D eigenvalue weighted by Crippen LogP contribution is -2.36. The molecule has 2 atom stereocenters. The molecule has 0 saturated carbocycles. The monoisotopic (exact) mass is 817 g/mol. The number of nitriles is 2. The highest BCUT2D eigenvalue weighted by Gasteiger charge is 2.14. The lowest BCUT2D eigenvalue weighted by Gasteiger charge is -2.28. The van der Waals surface area contributed by atoms with Crippen LogP contribution in [0.25, 0.3) is 0 Å². The van der Waals surface area contributed by atoms with Crippen LogP contribution in [0.4, 0.5) is 9.59 Å². The molecule has 0 unspecified atom stereocenters. The molecule has 3 N–H and O–H groups in total. The molecule has 0 aliphatic heterocycles. The first-order chi connectivity index (χ1) is 25.7. The maximum atomic E-state index is 11.5. The number of esters is 1. The van der Waals surface area contributed by atoms with Crippen LogP contribution in [-0.2, 0) is 37.0 Å². The first-order valence-corrected chi connectivity index (χ1v) is 19.2. The average Bonchev–Trinajstić information content (AvgIpc) is 3.16. The summed E-state index contributed by atoms with van der Waals surface area (Å²) in [6.07, 6.45) is 1.39. The number of hydrogen-bond donors (Lipinski definition) is 3. The normalized spacial score (nSPS) is 11.0. The van der Waals surface area contributed by atoms with Gasteiger partial charge in [-0.2, -0.15) is 10.5 Å². The van der Waals surface area contributed by atoms with Gasteiger partial charge in [-0.25, -0.2) is 9.59 Å². The lowest BCUT2D eigenvalue weighted by atomic mass is 10.1. The highest BCUT2D eigenvalue weighted by Crippen LogP contribution is 2.08. The van der Waals surface area contributed by atoms with Gasteiger partial charge in [0.1, 0.15) is 19.3 Å². The van der Waals surface area contributed by atoms with E-state index in [4.69, 9.17) is 29.8 Å². The van der Waals surface area contributed by atoms with E-state index in [1.807, 2.05) is 66.7 Å². The molecule has 0 radical (unpaired) electrons. The molecule has 14 heteroatoms. The quantitative estimate of drug-likeness (QED) is 0.0575. The fourth-order valence-corrected chi connectivity index (χ4v) is 4.56. The Bertz CT molecular complexity index is 1360. The summed E-state index contributed by atoms with van der Waals surface area (Å²) >= 11 is 2.89. The highest BCUT2D eigenvalue weighted by atomic mass is 79.9. The maximum Gasteiger partial charge on any atom is 0.407 e. The average molecular weight is 819 g/mol. The minimum Gasteiger partial charge on any atom is -0.481 e. The summed E-state index contributed by atoms with van der Waals surface area (Å²) in [4.78, 5) is 47.3. The number of alkyl carbamates (subject to hydrolysis) is 2. The smallest absolute Gasteiger partial charge is 0.407 e. The minimum atomic E-state index is -0.813. The third-order valence-corrected chi connectivity index (χ3v) is 7.70. The van der Waals surface area contributed by atoms with Crippen molar-refractivity contribution in [3.8, 4) is 12.1 Å². The Balaban J connectivity index is 0. The number of amides is 2. The van der Waals surface area contributed by atoms with Crippen molar-refractivity contribution >= 4 is 40.1 Å². The van der Waals surface area contributed by atoms with Gasteiger partial charge >= 0.3 is 24.1 Å². The summed E-state index contributed by atoms with van der Waals surface area (Å²) in [5.41, 5.74) is 1.85. The maximum absolute atomic E-state index is 11.5. The third kappa shape index (κ3) is 29.9. The van der Waals surface area contributed by atoms with Crippen molar-refractivity contribution in [2.24, 2.45) is 11.8 Å². The Morgan fingerprint density at radius 2 is 1.13 bits per heavy atom. The Morgan fingerprint density at radius 3 is 1.44 bits per heavy atom. The Hall–Kier alpha value is -4.66. The molecule has 0 heterocycles. The van der Waals surface area contributed by atoms with E-state index in [2.05, 4.69) is 66.1 Å². The molecule has 2 amide bonds. The number of nitrogens with one attached hydrogen (secondary N) is 2. The van der Waals surface area contributed by atoms with Gasteiger partial charge in [-0.3, -0.25) is 14.5 Å². The lowest BCUT2D eigenvalue weighted by molar-refractivity contribution is -0.146. The number of hydrogen-bond acceptors (Lipinski definition) is 10. The van der Waals surface area contributed by atoms with Crippen molar-refractivity contribution in [3.63, 3.8) is 0 Å². The molecule has 0 fully saturated rings. The largest absolute Gasteiger partial charge is 0.481 e. The predicted molar refractivity (Wildman–Crippen MR) is 212 cm³/mol. The van der Waals surface area contributed by atoms with Gasteiger partial charge in [0.05, 0.1) is 23.2 Å². The molecule has 0 bridgehead atoms. The van der Waals surface area contributed by atoms with Crippen LogP contribution in [0.15, 0.2) is 60.7 Å². The number of aliphatic carboxylic acids is 1. The zero-order chi connectivity index (χ0) is 41.1. The molecular formula is C40H60BrN5O8. The fraction of sp³-hybridized carbons (Fsp3) is 0.550. The van der Waals surface area contributed by atoms with Gasteiger partial charge < -0.3 is 30.0 Å². The van der Waals surface area contributed by atoms with E-state index in [-0.39, 0.29) is 31.7 Å². The zero-order valence-corrected chi connectivity index (χ0v) is 34.5. The van der Waals surface area contributed by atoms with E-state index in [9.17, 15) is 19.2 Å². The van der Waals surface area contributed by atoms with Crippen LogP contribution in [0.3, 0.4) is 0 Å². The first-order valence-electron chi connectivity index (χ1n) is 18.1. The molecule has 13 nitrogen and oxygen atoms in total. The Morgan fingerprint density at radius 1 is 0.722 bits per heavy atom. The SMILES string of the molecule is CCN(C(C)C)C(C)C.C[C@@H](CCCNC(=O)OCc1ccccc1)C(=O)O.C[C@@H](CCCNC(=O)OCc1ccccc1)C(=O)OCC#N.N#CCBr. The number of carbonyl (C=O) groups excluding carboxylic acids is 3. The molecular weight excluding hydrogens is 758 g/mol. The number of alkyl halides is 1. The van der Waals surface area contributed by atoms with Crippen molar-refractivity contribution in [1.29, 1.82) is 10.5 Å². The first kappa shape index (κ1) is 51.4. The van der Waals surface area contributed by atoms with Crippen molar-refractivity contribution in [3.05, 3.63) is 71.8 Å². The summed E-state index contributed by atoms with van der Waals surface area (Å²) in [5, 5.41) is 30.2. The van der Waals surface area contributed by atoms with Crippen LogP contribution in [0, 0.1) is 34.5 Å². The standard InChI is InChI=1S/C16H20N2O4.C14H19NO4.C8H19N.C2H2BrN/c1-13(15(19)21-11-9-17)6-5-10-18-16(20)22-12-14-7-3-2-4-8-14;1-11(13(16)17)6-5-9-15-14(18)19-10-12-7-3-2-4-8-12;1-6-9(7(2)3)8(4)5;3-1-2-4/h2-4,7-8,13H,5-6,10-12H2,1H3,(H,18,20);2-4,7-8,11H,5-6,9-10H2,1H3,(H,15,18)(H,16,17);7-8H,6H2,1-5H3;1H2/t13-;11-;;/m00../s1. The van der Waals surface area contributed by atoms with E-state index in [1.54, 1.807) is 19.9 Å². The molecule has 0 aliphatic rings. The van der Waals surface area contributed by atoms with E-state index < -0.39 is 24.1 Å². The predicted octanol–water partition coefficient (Wildman–Crippen LogP) is 7.84. The molecule has 300 valence electrons. The summed E-state index contributed by atoms with van der Waals surface area (Å²) in [6.45, 7) is 16.8. The summed E-state index contributed by atoms with van der Waals surface area (Å²) in [6, 6.07) is 23.8. The van der Waals surface area contributed by atoms with Crippen LogP contribution in [-0.4, -0.2) is 77.8 Å². The van der Waals surface area contributed by atoms with Crippen molar-refractivity contribution in [2.45, 2.75) is 99.4 Å². The summed E-state index contributed by atoms with van der Waals surface area (Å²) in [7, 11) is 0. The van der Waals surface area contributed by atoms with E-state index in [0.29, 0.717) is 56.2 Å². The Kier molecular flexibility index (Phi) is 32.5. The van der Waals surface area contributed by atoms with Crippen molar-refractivity contribution < 1.29 is 38.5 Å². The van der Waals surface area contributed by atoms with Gasteiger partial charge in [0.15, 0.2) is 6.61 Å². The summed E-state index contributed by atoms with van der Waals surface area (Å²) in [5.74, 6) is -1.89.